The highest BCUT2D eigenvalue weighted by Crippen LogP contribution is 2.43. The van der Waals surface area contributed by atoms with Crippen LogP contribution in [0.2, 0.25) is 0 Å². The Bertz CT molecular complexity index is 1890. The summed E-state index contributed by atoms with van der Waals surface area (Å²) in [5.41, 5.74) is 0. The molecule has 10 heteroatoms. The molecular formula is C76H134N2O7P+. The molecule has 86 heavy (non-hydrogen) atoms. The van der Waals surface area contributed by atoms with Crippen LogP contribution in [-0.2, 0) is 27.9 Å². The van der Waals surface area contributed by atoms with Crippen molar-refractivity contribution in [2.24, 2.45) is 0 Å². The number of unbranched alkanes of at least 4 members (excludes halogenated alkanes) is 29. The third kappa shape index (κ3) is 64.9. The van der Waals surface area contributed by atoms with Crippen LogP contribution >= 0.6 is 7.82 Å². The molecule has 0 aromatic heterocycles. The normalized spacial score (nSPS) is 14.3. The number of likely N-dealkylation sites (N-methyl/N-ethyl adjacent to an activating group) is 1. The molecule has 0 rings (SSSR count). The van der Waals surface area contributed by atoms with Crippen LogP contribution in [0.4, 0.5) is 0 Å². The zero-order chi connectivity index (χ0) is 62.8. The van der Waals surface area contributed by atoms with Gasteiger partial charge in [-0.15, -0.1) is 0 Å². The van der Waals surface area contributed by atoms with Crippen LogP contribution in [0.25, 0.3) is 0 Å². The van der Waals surface area contributed by atoms with E-state index in [1.807, 2.05) is 33.3 Å². The molecule has 494 valence electrons. The molecule has 1 amide bonds. The molecule has 0 aliphatic rings. The molecule has 0 bridgehead atoms. The van der Waals surface area contributed by atoms with E-state index in [1.54, 1.807) is 0 Å². The summed E-state index contributed by atoms with van der Waals surface area (Å²) >= 11 is 0. The van der Waals surface area contributed by atoms with Gasteiger partial charge in [-0.25, -0.2) is 4.57 Å². The van der Waals surface area contributed by atoms with Gasteiger partial charge in [0.2, 0.25) is 5.91 Å². The fourth-order valence-corrected chi connectivity index (χ4v) is 10.5. The van der Waals surface area contributed by atoms with E-state index in [-0.39, 0.29) is 31.5 Å². The van der Waals surface area contributed by atoms with Gasteiger partial charge >= 0.3 is 13.8 Å². The first-order chi connectivity index (χ1) is 41.9. The molecule has 0 spiro atoms. The average Bonchev–Trinajstić information content (AvgIpc) is 3.69. The summed E-state index contributed by atoms with van der Waals surface area (Å²) < 4.78 is 30.8. The maximum Gasteiger partial charge on any atom is 0.472 e. The standard InChI is InChI=1S/C76H133N2O7P/c1-7-10-13-16-19-22-25-28-30-32-34-36-38-39-41-42-44-46-48-50-53-56-59-62-65-68-75(79)77-73(72-84-86(81,82)83-71-70-78(4,5)6)74(67-64-61-58-55-52-27-24-21-18-15-12-9-3)85-76(80)69-66-63-60-57-54-51-49-47-45-43-40-37-35-33-31-29-26-23-20-17-14-11-8-2/h10,13,19-20,22-23,28-31,34-37,39,41,44,46,64,67,73-74H,7-9,11-12,14-18,21,24-27,32-33,38,40,42-43,45,47-63,65-66,68-72H2,1-6H3,(H-,77,79,81,82)/p+1/b13-10-,22-19-,23-20-,30-28-,31-29-,36-34-,37-35-,41-39-,46-44-,67-64+. The quantitative estimate of drug-likeness (QED) is 0.0205. The molecular weight excluding hydrogens is 1080 g/mol. The van der Waals surface area contributed by atoms with Crippen LogP contribution in [0.15, 0.2) is 122 Å². The van der Waals surface area contributed by atoms with Gasteiger partial charge in [-0.2, -0.15) is 0 Å². The lowest BCUT2D eigenvalue weighted by atomic mass is 10.0. The minimum Gasteiger partial charge on any atom is -0.456 e. The summed E-state index contributed by atoms with van der Waals surface area (Å²) in [7, 11) is 1.47. The number of carbonyl (C=O) groups is 2. The Morgan fingerprint density at radius 2 is 0.744 bits per heavy atom. The lowest BCUT2D eigenvalue weighted by Crippen LogP contribution is -2.47. The predicted octanol–water partition coefficient (Wildman–Crippen LogP) is 22.6. The second kappa shape index (κ2) is 64.4. The summed E-state index contributed by atoms with van der Waals surface area (Å²) in [6.45, 7) is 6.86. The fraction of sp³-hybridized carbons (Fsp3) is 0.711. The highest BCUT2D eigenvalue weighted by Gasteiger charge is 2.30. The highest BCUT2D eigenvalue weighted by molar-refractivity contribution is 7.47. The van der Waals surface area contributed by atoms with E-state index in [0.717, 1.165) is 135 Å². The number of nitrogens with zero attached hydrogens (tertiary/aromatic N) is 1. The molecule has 0 heterocycles. The Morgan fingerprint density at radius 1 is 0.419 bits per heavy atom. The van der Waals surface area contributed by atoms with Crippen LogP contribution in [0.3, 0.4) is 0 Å². The number of rotatable bonds is 63. The average molecular weight is 1220 g/mol. The first kappa shape index (κ1) is 82.4. The van der Waals surface area contributed by atoms with Gasteiger partial charge in [-0.1, -0.05) is 284 Å². The summed E-state index contributed by atoms with van der Waals surface area (Å²) in [4.78, 5) is 37.9. The SMILES string of the molecule is CC/C=C\C/C=C\C/C=C\C/C=C\C/C=C\C/C=C\CCCCCCCCC(=O)NC(COP(=O)(O)OCC[N+](C)(C)C)C(/C=C/CCCCCCCCCCCC)OC(=O)CCCCCCCCCCCC/C=C\C/C=C\C/C=C\CCCCC. The number of hydrogen-bond donors (Lipinski definition) is 2. The summed E-state index contributed by atoms with van der Waals surface area (Å²) in [5.74, 6) is -0.528. The number of amides is 1. The van der Waals surface area contributed by atoms with Gasteiger partial charge in [0.1, 0.15) is 19.3 Å². The lowest BCUT2D eigenvalue weighted by Gasteiger charge is -2.27. The molecule has 3 unspecified atom stereocenters. The Kier molecular flexibility index (Phi) is 61.7. The number of hydrogen-bond acceptors (Lipinski definition) is 6. The van der Waals surface area contributed by atoms with Gasteiger partial charge in [0, 0.05) is 12.8 Å². The molecule has 0 saturated heterocycles. The molecule has 0 radical (unpaired) electrons. The number of ether oxygens (including phenoxy) is 1. The van der Waals surface area contributed by atoms with Crippen molar-refractivity contribution < 1.29 is 37.3 Å². The molecule has 0 aromatic rings. The molecule has 0 saturated carbocycles. The topological polar surface area (TPSA) is 111 Å². The van der Waals surface area contributed by atoms with E-state index >= 15 is 0 Å². The van der Waals surface area contributed by atoms with Crippen LogP contribution in [0, 0.1) is 0 Å². The largest absolute Gasteiger partial charge is 0.472 e. The van der Waals surface area contributed by atoms with Crippen LogP contribution in [-0.4, -0.2) is 74.3 Å². The van der Waals surface area contributed by atoms with Crippen molar-refractivity contribution in [2.75, 3.05) is 40.9 Å². The second-order valence-corrected chi connectivity index (χ2v) is 26.1. The molecule has 0 fully saturated rings. The third-order valence-corrected chi connectivity index (χ3v) is 16.1. The van der Waals surface area contributed by atoms with Crippen molar-refractivity contribution in [3.05, 3.63) is 122 Å². The first-order valence-electron chi connectivity index (χ1n) is 35.4. The van der Waals surface area contributed by atoms with E-state index in [0.29, 0.717) is 17.4 Å². The lowest BCUT2D eigenvalue weighted by molar-refractivity contribution is -0.870. The molecule has 0 aromatic carbocycles. The minimum absolute atomic E-state index is 0.0305. The van der Waals surface area contributed by atoms with E-state index in [9.17, 15) is 19.0 Å². The number of carbonyl (C=O) groups excluding carboxylic acids is 2. The number of esters is 1. The molecule has 2 N–H and O–H groups in total. The molecule has 0 aliphatic heterocycles. The Morgan fingerprint density at radius 3 is 1.14 bits per heavy atom. The van der Waals surface area contributed by atoms with E-state index in [4.69, 9.17) is 13.8 Å². The van der Waals surface area contributed by atoms with E-state index in [1.165, 1.54) is 128 Å². The molecule has 3 atom stereocenters. The third-order valence-electron chi connectivity index (χ3n) is 15.1. The van der Waals surface area contributed by atoms with Crippen molar-refractivity contribution in [2.45, 2.75) is 309 Å². The Hall–Kier alpha value is -3.59. The predicted molar refractivity (Wildman–Crippen MR) is 373 cm³/mol. The fourth-order valence-electron chi connectivity index (χ4n) is 9.72. The summed E-state index contributed by atoms with van der Waals surface area (Å²) in [5, 5.41) is 3.06. The Balaban J connectivity index is 5.14. The van der Waals surface area contributed by atoms with E-state index < -0.39 is 20.0 Å². The number of phosphoric ester groups is 1. The smallest absolute Gasteiger partial charge is 0.456 e. The monoisotopic (exact) mass is 1220 g/mol. The van der Waals surface area contributed by atoms with Crippen molar-refractivity contribution in [1.29, 1.82) is 0 Å². The number of phosphoric acid groups is 1. The van der Waals surface area contributed by atoms with Gasteiger partial charge in [0.15, 0.2) is 0 Å². The van der Waals surface area contributed by atoms with Crippen molar-refractivity contribution in [3.8, 4) is 0 Å². The highest BCUT2D eigenvalue weighted by atomic mass is 31.2. The number of quaternary nitrogens is 1. The van der Waals surface area contributed by atoms with Gasteiger partial charge in [-0.05, 0) is 122 Å². The zero-order valence-corrected chi connectivity index (χ0v) is 57.4. The number of nitrogens with one attached hydrogen (secondary N) is 1. The maximum absolute atomic E-state index is 13.6. The van der Waals surface area contributed by atoms with Gasteiger partial charge < -0.3 is 19.4 Å². The molecule has 9 nitrogen and oxygen atoms in total. The van der Waals surface area contributed by atoms with Crippen molar-refractivity contribution in [1.82, 2.24) is 5.32 Å². The zero-order valence-electron chi connectivity index (χ0n) is 56.5. The molecule has 0 aliphatic carbocycles. The van der Waals surface area contributed by atoms with Crippen molar-refractivity contribution >= 4 is 19.7 Å². The Labute approximate surface area is 531 Å². The second-order valence-electron chi connectivity index (χ2n) is 24.7. The number of allylic oxidation sites excluding steroid dienone is 19. The maximum atomic E-state index is 13.6. The summed E-state index contributed by atoms with van der Waals surface area (Å²) in [6.07, 6.45) is 90.6. The van der Waals surface area contributed by atoms with Gasteiger partial charge in [0.05, 0.1) is 33.8 Å². The minimum atomic E-state index is -4.47. The van der Waals surface area contributed by atoms with Crippen LogP contribution in [0.5, 0.6) is 0 Å². The summed E-state index contributed by atoms with van der Waals surface area (Å²) in [6, 6.07) is -0.867. The van der Waals surface area contributed by atoms with Gasteiger partial charge in [-0.3, -0.25) is 18.6 Å². The van der Waals surface area contributed by atoms with Crippen LogP contribution in [0.1, 0.15) is 297 Å². The van der Waals surface area contributed by atoms with Crippen LogP contribution < -0.4 is 5.32 Å². The van der Waals surface area contributed by atoms with Gasteiger partial charge in [0.25, 0.3) is 0 Å². The first-order valence-corrected chi connectivity index (χ1v) is 36.9. The van der Waals surface area contributed by atoms with E-state index in [2.05, 4.69) is 135 Å². The van der Waals surface area contributed by atoms with Crippen molar-refractivity contribution in [3.63, 3.8) is 0 Å².